The number of amides is 1. The fourth-order valence-corrected chi connectivity index (χ4v) is 3.61. The van der Waals surface area contributed by atoms with Gasteiger partial charge in [-0.3, -0.25) is 10.2 Å². The minimum Gasteiger partial charge on any atom is -0.298 e. The number of benzene rings is 2. The third-order valence-corrected chi connectivity index (χ3v) is 5.58. The number of carbonyl (C=O) groups is 1. The zero-order valence-corrected chi connectivity index (χ0v) is 16.7. The molecule has 1 aliphatic rings. The summed E-state index contributed by atoms with van der Waals surface area (Å²) < 4.78 is 0. The van der Waals surface area contributed by atoms with Crippen LogP contribution in [0, 0.1) is 0 Å². The van der Waals surface area contributed by atoms with Gasteiger partial charge in [0.2, 0.25) is 0 Å². The van der Waals surface area contributed by atoms with Crippen molar-refractivity contribution in [3.8, 4) is 0 Å². The van der Waals surface area contributed by atoms with Gasteiger partial charge in [0.15, 0.2) is 0 Å². The van der Waals surface area contributed by atoms with E-state index in [4.69, 9.17) is 28.0 Å². The molecule has 1 N–H and O–H groups in total. The predicted molar refractivity (Wildman–Crippen MR) is 111 cm³/mol. The SMILES string of the molecule is C/C(=N/OC(=O)Nc1ccc(Cl)c(Cl)c1)c1ccc(C2CCCCC2)cc1. The van der Waals surface area contributed by atoms with Crippen LogP contribution in [0.25, 0.3) is 0 Å². The van der Waals surface area contributed by atoms with Crippen molar-refractivity contribution >= 4 is 40.7 Å². The summed E-state index contributed by atoms with van der Waals surface area (Å²) in [5.41, 5.74) is 3.43. The van der Waals surface area contributed by atoms with E-state index in [2.05, 4.69) is 22.6 Å². The Morgan fingerprint density at radius 2 is 1.74 bits per heavy atom. The predicted octanol–water partition coefficient (Wildman–Crippen LogP) is 7.01. The molecule has 0 saturated heterocycles. The average molecular weight is 405 g/mol. The maximum absolute atomic E-state index is 11.9. The second-order valence-corrected chi connectivity index (χ2v) is 7.58. The second-order valence-electron chi connectivity index (χ2n) is 6.77. The minimum absolute atomic E-state index is 0.354. The smallest absolute Gasteiger partial charge is 0.298 e. The van der Waals surface area contributed by atoms with Gasteiger partial charge in [0, 0.05) is 5.69 Å². The van der Waals surface area contributed by atoms with Gasteiger partial charge < -0.3 is 0 Å². The number of nitrogens with zero attached hydrogens (tertiary/aromatic N) is 1. The summed E-state index contributed by atoms with van der Waals surface area (Å²) in [6, 6.07) is 13.1. The highest BCUT2D eigenvalue weighted by Crippen LogP contribution is 2.32. The number of rotatable bonds is 4. The monoisotopic (exact) mass is 404 g/mol. The van der Waals surface area contributed by atoms with Crippen LogP contribution in [-0.4, -0.2) is 11.8 Å². The van der Waals surface area contributed by atoms with Crippen LogP contribution in [0.2, 0.25) is 10.0 Å². The van der Waals surface area contributed by atoms with Crippen molar-refractivity contribution in [2.45, 2.75) is 44.9 Å². The van der Waals surface area contributed by atoms with Crippen molar-refractivity contribution in [1.82, 2.24) is 0 Å². The molecule has 0 radical (unpaired) electrons. The molecule has 0 atom stereocenters. The molecule has 1 fully saturated rings. The summed E-state index contributed by atoms with van der Waals surface area (Å²) in [6.45, 7) is 1.81. The maximum atomic E-state index is 11.9. The molecule has 6 heteroatoms. The lowest BCUT2D eigenvalue weighted by atomic mass is 9.84. The van der Waals surface area contributed by atoms with E-state index < -0.39 is 6.09 Å². The topological polar surface area (TPSA) is 50.7 Å². The Morgan fingerprint density at radius 3 is 2.41 bits per heavy atom. The normalized spacial score (nSPS) is 15.4. The Balaban J connectivity index is 1.57. The van der Waals surface area contributed by atoms with Crippen molar-refractivity contribution in [1.29, 1.82) is 0 Å². The van der Waals surface area contributed by atoms with Crippen molar-refractivity contribution in [2.24, 2.45) is 5.16 Å². The van der Waals surface area contributed by atoms with Crippen LogP contribution in [0.3, 0.4) is 0 Å². The van der Waals surface area contributed by atoms with Crippen molar-refractivity contribution in [3.63, 3.8) is 0 Å². The molecule has 0 bridgehead atoms. The van der Waals surface area contributed by atoms with E-state index in [0.717, 1.165) is 5.56 Å². The van der Waals surface area contributed by atoms with Crippen LogP contribution in [0.4, 0.5) is 10.5 Å². The molecule has 0 heterocycles. The van der Waals surface area contributed by atoms with E-state index in [-0.39, 0.29) is 0 Å². The van der Waals surface area contributed by atoms with Crippen LogP contribution in [-0.2, 0) is 4.84 Å². The summed E-state index contributed by atoms with van der Waals surface area (Å²) in [5.74, 6) is 0.665. The highest BCUT2D eigenvalue weighted by Gasteiger charge is 2.15. The number of hydrogen-bond donors (Lipinski definition) is 1. The molecule has 2 aromatic carbocycles. The minimum atomic E-state index is -0.688. The largest absolute Gasteiger partial charge is 0.437 e. The number of oxime groups is 1. The first-order valence-corrected chi connectivity index (χ1v) is 9.86. The number of anilines is 1. The van der Waals surface area contributed by atoms with E-state index in [9.17, 15) is 4.79 Å². The Bertz CT molecular complexity index is 829. The number of hydrogen-bond acceptors (Lipinski definition) is 3. The molecule has 0 aliphatic heterocycles. The molecule has 27 heavy (non-hydrogen) atoms. The van der Waals surface area contributed by atoms with Crippen molar-refractivity contribution in [3.05, 3.63) is 63.6 Å². The molecule has 1 saturated carbocycles. The zero-order chi connectivity index (χ0) is 19.2. The highest BCUT2D eigenvalue weighted by atomic mass is 35.5. The maximum Gasteiger partial charge on any atom is 0.437 e. The summed E-state index contributed by atoms with van der Waals surface area (Å²) in [5, 5.41) is 7.25. The first-order valence-electron chi connectivity index (χ1n) is 9.11. The first kappa shape index (κ1) is 19.7. The van der Waals surface area contributed by atoms with Gasteiger partial charge in [0.25, 0.3) is 0 Å². The van der Waals surface area contributed by atoms with Crippen LogP contribution in [0.15, 0.2) is 47.6 Å². The zero-order valence-electron chi connectivity index (χ0n) is 15.2. The molecular weight excluding hydrogens is 383 g/mol. The fraction of sp³-hybridized carbons (Fsp3) is 0.333. The third kappa shape index (κ3) is 5.47. The van der Waals surface area contributed by atoms with E-state index in [1.165, 1.54) is 37.7 Å². The Kier molecular flexibility index (Phi) is 6.75. The lowest BCUT2D eigenvalue weighted by Gasteiger charge is -2.22. The summed E-state index contributed by atoms with van der Waals surface area (Å²) in [7, 11) is 0. The van der Waals surface area contributed by atoms with Gasteiger partial charge in [-0.25, -0.2) is 4.79 Å². The Labute approximate surface area is 169 Å². The van der Waals surface area contributed by atoms with Gasteiger partial charge in [-0.2, -0.15) is 0 Å². The lowest BCUT2D eigenvalue weighted by molar-refractivity contribution is 0.166. The van der Waals surface area contributed by atoms with E-state index in [1.54, 1.807) is 18.2 Å². The van der Waals surface area contributed by atoms with Crippen molar-refractivity contribution < 1.29 is 9.63 Å². The van der Waals surface area contributed by atoms with Gasteiger partial charge in [0.1, 0.15) is 0 Å². The van der Waals surface area contributed by atoms with Crippen LogP contribution >= 0.6 is 23.2 Å². The van der Waals surface area contributed by atoms with Gasteiger partial charge in [0.05, 0.1) is 15.8 Å². The third-order valence-electron chi connectivity index (χ3n) is 4.84. The average Bonchev–Trinajstić information content (AvgIpc) is 2.70. The molecule has 142 valence electrons. The molecular formula is C21H22Cl2N2O2. The molecule has 3 rings (SSSR count). The van der Waals surface area contributed by atoms with E-state index in [0.29, 0.717) is 27.4 Å². The molecule has 1 amide bonds. The number of carbonyl (C=O) groups excluding carboxylic acids is 1. The Morgan fingerprint density at radius 1 is 1.04 bits per heavy atom. The standard InChI is InChI=1S/C21H22Cl2N2O2/c1-14(15-7-9-17(10-8-15)16-5-3-2-4-6-16)25-27-21(26)24-18-11-12-19(22)20(23)13-18/h7-13,16H,2-6H2,1H3,(H,24,26)/b25-14-. The fourth-order valence-electron chi connectivity index (χ4n) is 3.31. The van der Waals surface area contributed by atoms with Crippen LogP contribution in [0.1, 0.15) is 56.1 Å². The van der Waals surface area contributed by atoms with Gasteiger partial charge in [-0.1, -0.05) is 71.9 Å². The van der Waals surface area contributed by atoms with E-state index in [1.807, 2.05) is 19.1 Å². The Hall–Kier alpha value is -2.04. The quantitative estimate of drug-likeness (QED) is 0.338. The lowest BCUT2D eigenvalue weighted by Crippen LogP contribution is -2.12. The first-order chi connectivity index (χ1) is 13.0. The summed E-state index contributed by atoms with van der Waals surface area (Å²) in [4.78, 5) is 16.8. The molecule has 1 aliphatic carbocycles. The second kappa shape index (κ2) is 9.25. The van der Waals surface area contributed by atoms with Gasteiger partial charge in [-0.15, -0.1) is 0 Å². The van der Waals surface area contributed by atoms with Crippen LogP contribution < -0.4 is 5.32 Å². The van der Waals surface area contributed by atoms with Gasteiger partial charge in [-0.05, 0) is 55.0 Å². The number of halogens is 2. The molecule has 0 spiro atoms. The number of nitrogens with one attached hydrogen (secondary N) is 1. The molecule has 0 unspecified atom stereocenters. The van der Waals surface area contributed by atoms with Crippen molar-refractivity contribution in [2.75, 3.05) is 5.32 Å². The molecule has 4 nitrogen and oxygen atoms in total. The molecule has 0 aromatic heterocycles. The highest BCUT2D eigenvalue weighted by molar-refractivity contribution is 6.42. The summed E-state index contributed by atoms with van der Waals surface area (Å²) >= 11 is 11.8. The van der Waals surface area contributed by atoms with Crippen LogP contribution in [0.5, 0.6) is 0 Å². The summed E-state index contributed by atoms with van der Waals surface area (Å²) in [6.07, 6.45) is 5.83. The van der Waals surface area contributed by atoms with E-state index >= 15 is 0 Å². The van der Waals surface area contributed by atoms with Gasteiger partial charge >= 0.3 is 6.09 Å². The molecule has 2 aromatic rings.